The molecule has 2 unspecified atom stereocenters. The van der Waals surface area contributed by atoms with Gasteiger partial charge in [-0.1, -0.05) is 29.8 Å². The lowest BCUT2D eigenvalue weighted by atomic mass is 10.1. The second kappa shape index (κ2) is 5.19. The summed E-state index contributed by atoms with van der Waals surface area (Å²) in [6.07, 6.45) is 2.26. The van der Waals surface area contributed by atoms with E-state index in [0.29, 0.717) is 5.15 Å². The number of halogens is 1. The van der Waals surface area contributed by atoms with Crippen molar-refractivity contribution in [1.82, 2.24) is 9.97 Å². The molecule has 0 aliphatic rings. The molecule has 2 rings (SSSR count). The van der Waals surface area contributed by atoms with Crippen LogP contribution in [0.2, 0.25) is 5.15 Å². The molecular weight excluding hydrogens is 258 g/mol. The van der Waals surface area contributed by atoms with Gasteiger partial charge in [0.2, 0.25) is 0 Å². The molecule has 0 saturated heterocycles. The molecule has 0 saturated carbocycles. The van der Waals surface area contributed by atoms with Crippen molar-refractivity contribution in [3.63, 3.8) is 0 Å². The molecule has 0 amide bonds. The van der Waals surface area contributed by atoms with E-state index in [0.717, 1.165) is 12.1 Å². The van der Waals surface area contributed by atoms with Crippen molar-refractivity contribution in [3.05, 3.63) is 47.0 Å². The van der Waals surface area contributed by atoms with E-state index in [-0.39, 0.29) is 0 Å². The smallest absolute Gasteiger partial charge is 0.132 e. The van der Waals surface area contributed by atoms with E-state index >= 15 is 0 Å². The minimum atomic E-state index is 0.484. The van der Waals surface area contributed by atoms with Gasteiger partial charge < -0.3 is 0 Å². The summed E-state index contributed by atoms with van der Waals surface area (Å²) >= 11 is 5.82. The molecule has 2 aromatic rings. The lowest BCUT2D eigenvalue weighted by molar-refractivity contribution is 1.03. The molecule has 0 fully saturated rings. The average Bonchev–Trinajstić information content (AvgIpc) is 2.25. The first-order valence-electron chi connectivity index (χ1n) is 4.76. The molecule has 16 heavy (non-hydrogen) atoms. The highest BCUT2D eigenvalue weighted by atomic mass is 35.5. The van der Waals surface area contributed by atoms with Gasteiger partial charge in [0.25, 0.3) is 0 Å². The van der Waals surface area contributed by atoms with E-state index in [1.54, 1.807) is 6.07 Å². The highest BCUT2D eigenvalue weighted by Gasteiger charge is 2.04. The monoisotopic (exact) mass is 268 g/mol. The third-order valence-corrected chi connectivity index (χ3v) is 4.04. The predicted octanol–water partition coefficient (Wildman–Crippen LogP) is 1.72. The van der Waals surface area contributed by atoms with Crippen molar-refractivity contribution in [2.75, 3.05) is 0 Å². The zero-order valence-electron chi connectivity index (χ0n) is 8.52. The first-order chi connectivity index (χ1) is 7.66. The average molecular weight is 269 g/mol. The molecule has 2 nitrogen and oxygen atoms in total. The number of aromatic nitrogens is 2. The van der Waals surface area contributed by atoms with Crippen molar-refractivity contribution in [3.8, 4) is 0 Å². The topological polar surface area (TPSA) is 25.8 Å². The Bertz CT molecular complexity index is 517. The number of benzene rings is 1. The Morgan fingerprint density at radius 3 is 2.75 bits per heavy atom. The molecule has 0 N–H and O–H groups in total. The molecule has 1 aromatic carbocycles. The number of hydrogen-bond acceptors (Lipinski definition) is 2. The van der Waals surface area contributed by atoms with Crippen LogP contribution in [0.5, 0.6) is 0 Å². The molecule has 82 valence electrons. The fourth-order valence-corrected chi connectivity index (χ4v) is 2.21. The molecular formula is C11H11ClN2P2. The van der Waals surface area contributed by atoms with Gasteiger partial charge in [0.1, 0.15) is 11.5 Å². The van der Waals surface area contributed by atoms with Crippen LogP contribution in [0, 0.1) is 0 Å². The highest BCUT2D eigenvalue weighted by molar-refractivity contribution is 7.36. The third kappa shape index (κ3) is 2.77. The van der Waals surface area contributed by atoms with Crippen LogP contribution in [-0.4, -0.2) is 9.97 Å². The molecule has 1 heterocycles. The van der Waals surface area contributed by atoms with Gasteiger partial charge in [0, 0.05) is 12.1 Å². The second-order valence-corrected chi connectivity index (χ2v) is 5.02. The van der Waals surface area contributed by atoms with Crippen LogP contribution in [0.1, 0.15) is 11.3 Å². The summed E-state index contributed by atoms with van der Waals surface area (Å²) in [5.74, 6) is 0. The highest BCUT2D eigenvalue weighted by Crippen LogP contribution is 2.10. The maximum Gasteiger partial charge on any atom is 0.132 e. The lowest BCUT2D eigenvalue weighted by Gasteiger charge is -2.07. The Balaban J connectivity index is 2.31. The Morgan fingerprint density at radius 2 is 2.00 bits per heavy atom. The molecule has 2 atom stereocenters. The summed E-state index contributed by atoms with van der Waals surface area (Å²) in [6, 6.07) is 7.98. The molecule has 0 aliphatic heterocycles. The van der Waals surface area contributed by atoms with Crippen molar-refractivity contribution in [2.24, 2.45) is 0 Å². The van der Waals surface area contributed by atoms with Crippen molar-refractivity contribution < 1.29 is 0 Å². The van der Waals surface area contributed by atoms with Crippen LogP contribution in [0.3, 0.4) is 0 Å². The number of nitrogens with zero attached hydrogens (tertiary/aromatic N) is 2. The van der Waals surface area contributed by atoms with Crippen LogP contribution < -0.4 is 10.6 Å². The summed E-state index contributed by atoms with van der Waals surface area (Å²) in [4.78, 5) is 8.06. The van der Waals surface area contributed by atoms with Gasteiger partial charge in [-0.25, -0.2) is 9.97 Å². The second-order valence-electron chi connectivity index (χ2n) is 3.43. The summed E-state index contributed by atoms with van der Waals surface area (Å²) in [6.45, 7) is 0. The zero-order valence-corrected chi connectivity index (χ0v) is 11.6. The fraction of sp³-hybridized carbons (Fsp3) is 0.0909. The van der Waals surface area contributed by atoms with Gasteiger partial charge in [-0.2, -0.15) is 0 Å². The van der Waals surface area contributed by atoms with Crippen molar-refractivity contribution >= 4 is 40.7 Å². The van der Waals surface area contributed by atoms with E-state index in [1.807, 2.05) is 6.07 Å². The van der Waals surface area contributed by atoms with Gasteiger partial charge in [-0.3, -0.25) is 0 Å². The van der Waals surface area contributed by atoms with Crippen molar-refractivity contribution in [1.29, 1.82) is 0 Å². The normalized spacial score (nSPS) is 10.4. The summed E-state index contributed by atoms with van der Waals surface area (Å²) < 4.78 is 0. The van der Waals surface area contributed by atoms with Gasteiger partial charge in [0.15, 0.2) is 0 Å². The Kier molecular flexibility index (Phi) is 3.86. The van der Waals surface area contributed by atoms with Gasteiger partial charge in [-0.05, 0) is 22.2 Å². The SMILES string of the molecule is Pc1cccc(Cc2cc(Cl)ncn2)c1P. The third-order valence-electron chi connectivity index (χ3n) is 2.29. The van der Waals surface area contributed by atoms with Crippen molar-refractivity contribution in [2.45, 2.75) is 6.42 Å². The van der Waals surface area contributed by atoms with E-state index in [1.165, 1.54) is 22.5 Å². The van der Waals surface area contributed by atoms with E-state index in [4.69, 9.17) is 11.6 Å². The standard InChI is InChI=1S/C11H11ClN2P2/c12-10-5-8(13-6-14-10)4-7-2-1-3-9(15)11(7)16/h1-3,5-6H,4,15-16H2. The molecule has 0 spiro atoms. The fourth-order valence-electron chi connectivity index (χ4n) is 1.45. The first kappa shape index (κ1) is 11.9. The minimum Gasteiger partial charge on any atom is -0.241 e. The molecule has 1 aromatic heterocycles. The Labute approximate surface area is 104 Å². The Hall–Kier alpha value is -0.550. The summed E-state index contributed by atoms with van der Waals surface area (Å²) in [5.41, 5.74) is 2.16. The first-order valence-corrected chi connectivity index (χ1v) is 6.29. The van der Waals surface area contributed by atoms with E-state index in [2.05, 4.69) is 40.6 Å². The maximum absolute atomic E-state index is 5.82. The predicted molar refractivity (Wildman–Crippen MR) is 75.0 cm³/mol. The van der Waals surface area contributed by atoms with E-state index in [9.17, 15) is 0 Å². The molecule has 0 bridgehead atoms. The van der Waals surface area contributed by atoms with Gasteiger partial charge >= 0.3 is 0 Å². The number of rotatable bonds is 2. The summed E-state index contributed by atoms with van der Waals surface area (Å²) in [7, 11) is 5.47. The minimum absolute atomic E-state index is 0.484. The lowest BCUT2D eigenvalue weighted by Crippen LogP contribution is -2.16. The molecule has 5 heteroatoms. The maximum atomic E-state index is 5.82. The van der Waals surface area contributed by atoms with Crippen LogP contribution in [0.4, 0.5) is 0 Å². The Morgan fingerprint density at radius 1 is 1.19 bits per heavy atom. The van der Waals surface area contributed by atoms with Crippen LogP contribution in [0.15, 0.2) is 30.6 Å². The van der Waals surface area contributed by atoms with E-state index < -0.39 is 0 Å². The largest absolute Gasteiger partial charge is 0.241 e. The van der Waals surface area contributed by atoms with Gasteiger partial charge in [-0.15, -0.1) is 18.5 Å². The van der Waals surface area contributed by atoms with Crippen LogP contribution in [0.25, 0.3) is 0 Å². The zero-order chi connectivity index (χ0) is 11.5. The van der Waals surface area contributed by atoms with Crippen LogP contribution in [-0.2, 0) is 6.42 Å². The summed E-state index contributed by atoms with van der Waals surface area (Å²) in [5, 5.41) is 2.86. The van der Waals surface area contributed by atoms with Gasteiger partial charge in [0.05, 0.1) is 0 Å². The van der Waals surface area contributed by atoms with Crippen LogP contribution >= 0.6 is 30.1 Å². The molecule has 0 radical (unpaired) electrons. The number of hydrogen-bond donors (Lipinski definition) is 0. The molecule has 0 aliphatic carbocycles. The quantitative estimate of drug-likeness (QED) is 0.612.